The van der Waals surface area contributed by atoms with Crippen LogP contribution in [-0.4, -0.2) is 19.1 Å². The zero-order chi connectivity index (χ0) is 17.4. The van der Waals surface area contributed by atoms with Crippen molar-refractivity contribution in [1.29, 1.82) is 0 Å². The molecule has 0 saturated heterocycles. The second kappa shape index (κ2) is 8.74. The summed E-state index contributed by atoms with van der Waals surface area (Å²) in [6.45, 7) is 0.340. The number of hydrogen-bond acceptors (Lipinski definition) is 3. The lowest BCUT2D eigenvalue weighted by molar-refractivity contribution is 0.0600. The summed E-state index contributed by atoms with van der Waals surface area (Å²) in [6.07, 6.45) is 3.24. The van der Waals surface area contributed by atoms with Crippen molar-refractivity contribution in [2.45, 2.75) is 6.54 Å². The van der Waals surface area contributed by atoms with Gasteiger partial charge in [-0.3, -0.25) is 0 Å². The molecule has 5 nitrogen and oxygen atoms in total. The minimum absolute atomic E-state index is 0.338. The number of rotatable bonds is 5. The normalized spacial score (nSPS) is 10.4. The number of nitrogens with one attached hydrogen (secondary N) is 2. The summed E-state index contributed by atoms with van der Waals surface area (Å²) in [4.78, 5) is 23.1. The fourth-order valence-corrected chi connectivity index (χ4v) is 2.13. The Hall–Kier alpha value is -2.79. The molecule has 0 heterocycles. The average Bonchev–Trinajstić information content (AvgIpc) is 2.61. The first kappa shape index (κ1) is 17.6. The van der Waals surface area contributed by atoms with Crippen molar-refractivity contribution in [2.75, 3.05) is 7.11 Å². The van der Waals surface area contributed by atoms with Gasteiger partial charge in [0.05, 0.1) is 12.7 Å². The van der Waals surface area contributed by atoms with Crippen molar-refractivity contribution in [1.82, 2.24) is 10.6 Å². The summed E-state index contributed by atoms with van der Waals surface area (Å²) in [5, 5.41) is 5.93. The van der Waals surface area contributed by atoms with Gasteiger partial charge >= 0.3 is 12.0 Å². The molecule has 0 atom stereocenters. The second-order valence-electron chi connectivity index (χ2n) is 4.87. The number of carbonyl (C=O) groups is 2. The molecule has 2 amide bonds. The van der Waals surface area contributed by atoms with Crippen molar-refractivity contribution in [3.8, 4) is 0 Å². The summed E-state index contributed by atoms with van der Waals surface area (Å²) in [5.74, 6) is -0.392. The minimum atomic E-state index is -0.392. The van der Waals surface area contributed by atoms with Gasteiger partial charge in [-0.2, -0.15) is 0 Å². The predicted molar refractivity (Wildman–Crippen MR) is 93.6 cm³/mol. The molecule has 2 aromatic carbocycles. The highest BCUT2D eigenvalue weighted by molar-refractivity contribution is 6.32. The highest BCUT2D eigenvalue weighted by Crippen LogP contribution is 2.15. The van der Waals surface area contributed by atoms with Gasteiger partial charge < -0.3 is 15.4 Å². The summed E-state index contributed by atoms with van der Waals surface area (Å²) in [5.41, 5.74) is 2.15. The monoisotopic (exact) mass is 344 g/mol. The Balaban J connectivity index is 1.81. The number of amides is 2. The van der Waals surface area contributed by atoms with E-state index in [-0.39, 0.29) is 6.03 Å². The van der Waals surface area contributed by atoms with E-state index >= 15 is 0 Å². The molecule has 0 aliphatic carbocycles. The van der Waals surface area contributed by atoms with Crippen LogP contribution in [-0.2, 0) is 11.3 Å². The Bertz CT molecular complexity index is 742. The first-order chi connectivity index (χ1) is 11.6. The number of carbonyl (C=O) groups excluding carboxylic acids is 2. The fraction of sp³-hybridized carbons (Fsp3) is 0.111. The molecule has 0 bridgehead atoms. The van der Waals surface area contributed by atoms with E-state index in [1.54, 1.807) is 36.4 Å². The zero-order valence-electron chi connectivity index (χ0n) is 13.1. The van der Waals surface area contributed by atoms with Crippen LogP contribution >= 0.6 is 11.6 Å². The number of esters is 1. The second-order valence-corrected chi connectivity index (χ2v) is 5.28. The Morgan fingerprint density at radius 2 is 1.83 bits per heavy atom. The molecule has 0 saturated carbocycles. The molecule has 2 N–H and O–H groups in total. The smallest absolute Gasteiger partial charge is 0.337 e. The van der Waals surface area contributed by atoms with Gasteiger partial charge in [0.1, 0.15) is 0 Å². The SMILES string of the molecule is COC(=O)c1ccc(CNC(=O)N/C=C/c2ccccc2Cl)cc1. The van der Waals surface area contributed by atoms with E-state index in [2.05, 4.69) is 15.4 Å². The summed E-state index contributed by atoms with van der Waals surface area (Å²) in [7, 11) is 1.33. The van der Waals surface area contributed by atoms with E-state index in [4.69, 9.17) is 11.6 Å². The van der Waals surface area contributed by atoms with E-state index in [0.29, 0.717) is 17.1 Å². The van der Waals surface area contributed by atoms with Crippen LogP contribution in [0.4, 0.5) is 4.79 Å². The highest BCUT2D eigenvalue weighted by Gasteiger charge is 2.04. The van der Waals surface area contributed by atoms with Gasteiger partial charge in [0, 0.05) is 17.8 Å². The molecule has 0 unspecified atom stereocenters. The van der Waals surface area contributed by atoms with Crippen molar-refractivity contribution < 1.29 is 14.3 Å². The molecule has 124 valence electrons. The van der Waals surface area contributed by atoms with Crippen LogP contribution in [0.5, 0.6) is 0 Å². The van der Waals surface area contributed by atoms with Crippen molar-refractivity contribution in [3.63, 3.8) is 0 Å². The summed E-state index contributed by atoms with van der Waals surface area (Å²) in [6, 6.07) is 13.8. The van der Waals surface area contributed by atoms with E-state index in [9.17, 15) is 9.59 Å². The lowest BCUT2D eigenvalue weighted by Gasteiger charge is -2.06. The molecule has 0 aliphatic rings. The first-order valence-electron chi connectivity index (χ1n) is 7.23. The van der Waals surface area contributed by atoms with E-state index < -0.39 is 5.97 Å². The van der Waals surface area contributed by atoms with Crippen molar-refractivity contribution >= 4 is 29.7 Å². The number of ether oxygens (including phenoxy) is 1. The fourth-order valence-electron chi connectivity index (χ4n) is 1.93. The van der Waals surface area contributed by atoms with Gasteiger partial charge in [-0.1, -0.05) is 41.9 Å². The van der Waals surface area contributed by atoms with E-state index in [1.807, 2.05) is 18.2 Å². The van der Waals surface area contributed by atoms with Crippen LogP contribution in [0.1, 0.15) is 21.5 Å². The first-order valence-corrected chi connectivity index (χ1v) is 7.60. The molecule has 0 aromatic heterocycles. The van der Waals surface area contributed by atoms with Gasteiger partial charge in [0.2, 0.25) is 0 Å². The molecule has 2 rings (SSSR count). The third-order valence-electron chi connectivity index (χ3n) is 3.21. The quantitative estimate of drug-likeness (QED) is 0.814. The largest absolute Gasteiger partial charge is 0.465 e. The Labute approximate surface area is 145 Å². The maximum absolute atomic E-state index is 11.7. The third kappa shape index (κ3) is 5.14. The van der Waals surface area contributed by atoms with Crippen LogP contribution in [0.25, 0.3) is 6.08 Å². The lowest BCUT2D eigenvalue weighted by atomic mass is 10.1. The lowest BCUT2D eigenvalue weighted by Crippen LogP contribution is -2.31. The predicted octanol–water partition coefficient (Wildman–Crippen LogP) is 3.60. The third-order valence-corrected chi connectivity index (χ3v) is 3.55. The summed E-state index contributed by atoms with van der Waals surface area (Å²) >= 11 is 6.01. The van der Waals surface area contributed by atoms with Crippen LogP contribution in [0.15, 0.2) is 54.7 Å². The minimum Gasteiger partial charge on any atom is -0.465 e. The van der Waals surface area contributed by atoms with Gasteiger partial charge in [0.15, 0.2) is 0 Å². The van der Waals surface area contributed by atoms with E-state index in [1.165, 1.54) is 13.3 Å². The topological polar surface area (TPSA) is 67.4 Å². The van der Waals surface area contributed by atoms with Gasteiger partial charge in [0.25, 0.3) is 0 Å². The molecule has 6 heteroatoms. The molecule has 0 radical (unpaired) electrons. The molecule has 24 heavy (non-hydrogen) atoms. The van der Waals surface area contributed by atoms with Crippen LogP contribution in [0, 0.1) is 0 Å². The van der Waals surface area contributed by atoms with Crippen LogP contribution in [0.2, 0.25) is 5.02 Å². The van der Waals surface area contributed by atoms with Crippen molar-refractivity contribution in [2.24, 2.45) is 0 Å². The molecular weight excluding hydrogens is 328 g/mol. The maximum atomic E-state index is 11.7. The molecular formula is C18H17ClN2O3. The molecule has 0 fully saturated rings. The number of hydrogen-bond donors (Lipinski definition) is 2. The number of methoxy groups -OCH3 is 1. The van der Waals surface area contributed by atoms with Gasteiger partial charge in [-0.05, 0) is 35.4 Å². The van der Waals surface area contributed by atoms with Gasteiger partial charge in [-0.25, -0.2) is 9.59 Å². The molecule has 0 spiro atoms. The van der Waals surface area contributed by atoms with Crippen LogP contribution in [0.3, 0.4) is 0 Å². The van der Waals surface area contributed by atoms with Gasteiger partial charge in [-0.15, -0.1) is 0 Å². The number of benzene rings is 2. The maximum Gasteiger partial charge on any atom is 0.337 e. The van der Waals surface area contributed by atoms with E-state index in [0.717, 1.165) is 11.1 Å². The zero-order valence-corrected chi connectivity index (χ0v) is 13.8. The number of halogens is 1. The average molecular weight is 345 g/mol. The Morgan fingerprint density at radius 3 is 2.50 bits per heavy atom. The number of urea groups is 1. The highest BCUT2D eigenvalue weighted by atomic mass is 35.5. The van der Waals surface area contributed by atoms with Crippen LogP contribution < -0.4 is 10.6 Å². The Kier molecular flexibility index (Phi) is 6.40. The van der Waals surface area contributed by atoms with Crippen molar-refractivity contribution in [3.05, 3.63) is 76.4 Å². The molecule has 0 aliphatic heterocycles. The standard InChI is InChI=1S/C18H17ClN2O3/c1-24-17(22)15-8-6-13(7-9-15)12-21-18(23)20-11-10-14-4-2-3-5-16(14)19/h2-11H,12H2,1H3,(H2,20,21,23)/b11-10+. The Morgan fingerprint density at radius 1 is 1.12 bits per heavy atom. The summed E-state index contributed by atoms with van der Waals surface area (Å²) < 4.78 is 4.63. The molecule has 2 aromatic rings.